The van der Waals surface area contributed by atoms with E-state index >= 15 is 0 Å². The summed E-state index contributed by atoms with van der Waals surface area (Å²) in [5.41, 5.74) is 0.858. The average Bonchev–Trinajstić information content (AvgIpc) is 2.28. The number of rotatable bonds is 4. The Hall–Kier alpha value is -0.930. The highest BCUT2D eigenvalue weighted by Crippen LogP contribution is 2.25. The summed E-state index contributed by atoms with van der Waals surface area (Å²) in [6, 6.07) is 5.26. The van der Waals surface area contributed by atoms with Crippen LogP contribution < -0.4 is 4.74 Å². The van der Waals surface area contributed by atoms with E-state index in [9.17, 15) is 4.79 Å². The molecule has 1 rings (SSSR count). The van der Waals surface area contributed by atoms with Crippen molar-refractivity contribution in [1.82, 2.24) is 0 Å². The Morgan fingerprint density at radius 1 is 1.44 bits per heavy atom. The van der Waals surface area contributed by atoms with Gasteiger partial charge in [0, 0.05) is 0 Å². The van der Waals surface area contributed by atoms with Gasteiger partial charge in [0.25, 0.3) is 0 Å². The van der Waals surface area contributed by atoms with Gasteiger partial charge < -0.3 is 9.47 Å². The first-order valence-corrected chi connectivity index (χ1v) is 5.44. The van der Waals surface area contributed by atoms with Crippen molar-refractivity contribution < 1.29 is 14.3 Å². The predicted molar refractivity (Wildman–Crippen MR) is 63.4 cm³/mol. The Morgan fingerprint density at radius 2 is 2.12 bits per heavy atom. The van der Waals surface area contributed by atoms with Crippen molar-refractivity contribution in [2.45, 2.75) is 11.8 Å². The number of esters is 1. The zero-order chi connectivity index (χ0) is 12.1. The van der Waals surface area contributed by atoms with Gasteiger partial charge in [-0.25, -0.2) is 0 Å². The number of halogens is 2. The minimum Gasteiger partial charge on any atom is -0.495 e. The van der Waals surface area contributed by atoms with Crippen LogP contribution >= 0.6 is 23.2 Å². The number of carbonyl (C=O) groups is 1. The molecular formula is C11H12Cl2O3. The minimum absolute atomic E-state index is 0.373. The largest absolute Gasteiger partial charge is 0.495 e. The third-order valence-corrected chi connectivity index (χ3v) is 2.72. The van der Waals surface area contributed by atoms with Crippen LogP contribution in [0.15, 0.2) is 18.2 Å². The zero-order valence-corrected chi connectivity index (χ0v) is 10.5. The van der Waals surface area contributed by atoms with Crippen molar-refractivity contribution in [2.75, 3.05) is 14.2 Å². The smallest absolute Gasteiger partial charge is 0.324 e. The van der Waals surface area contributed by atoms with E-state index in [4.69, 9.17) is 27.9 Å². The lowest BCUT2D eigenvalue weighted by Crippen LogP contribution is -2.18. The lowest BCUT2D eigenvalue weighted by atomic mass is 10.1. The van der Waals surface area contributed by atoms with Gasteiger partial charge in [-0.15, -0.1) is 11.6 Å². The van der Waals surface area contributed by atoms with Gasteiger partial charge in [0.2, 0.25) is 0 Å². The molecule has 0 saturated heterocycles. The van der Waals surface area contributed by atoms with E-state index in [-0.39, 0.29) is 0 Å². The number of ether oxygens (including phenoxy) is 2. The van der Waals surface area contributed by atoms with Crippen LogP contribution in [-0.2, 0) is 16.0 Å². The SMILES string of the molecule is COC(=O)C(Cl)Cc1ccc(OC)c(Cl)c1. The van der Waals surface area contributed by atoms with Crippen LogP contribution in [0.3, 0.4) is 0 Å². The Morgan fingerprint density at radius 3 is 2.62 bits per heavy atom. The van der Waals surface area contributed by atoms with Gasteiger partial charge in [-0.2, -0.15) is 0 Å². The first-order valence-electron chi connectivity index (χ1n) is 4.62. The Bertz CT molecular complexity index is 379. The van der Waals surface area contributed by atoms with E-state index in [1.54, 1.807) is 19.2 Å². The summed E-state index contributed by atoms with van der Waals surface area (Å²) >= 11 is 11.8. The Balaban J connectivity index is 2.75. The summed E-state index contributed by atoms with van der Waals surface area (Å²) in [6.07, 6.45) is 0.373. The molecular weight excluding hydrogens is 251 g/mol. The van der Waals surface area contributed by atoms with Gasteiger partial charge in [0.1, 0.15) is 11.1 Å². The summed E-state index contributed by atoms with van der Waals surface area (Å²) in [4.78, 5) is 11.1. The average molecular weight is 263 g/mol. The van der Waals surface area contributed by atoms with Crippen LogP contribution in [0.4, 0.5) is 0 Å². The highest BCUT2D eigenvalue weighted by Gasteiger charge is 2.16. The predicted octanol–water partition coefficient (Wildman–Crippen LogP) is 2.67. The van der Waals surface area contributed by atoms with E-state index in [2.05, 4.69) is 4.74 Å². The Kier molecular flexibility index (Phi) is 4.90. The molecule has 0 heterocycles. The molecule has 1 aromatic rings. The van der Waals surface area contributed by atoms with Crippen molar-refractivity contribution in [1.29, 1.82) is 0 Å². The second-order valence-corrected chi connectivity index (χ2v) is 4.10. The lowest BCUT2D eigenvalue weighted by Gasteiger charge is -2.09. The highest BCUT2D eigenvalue weighted by atomic mass is 35.5. The van der Waals surface area contributed by atoms with Crippen LogP contribution in [0.1, 0.15) is 5.56 Å². The first-order chi connectivity index (χ1) is 7.58. The maximum atomic E-state index is 11.1. The topological polar surface area (TPSA) is 35.5 Å². The number of hydrogen-bond acceptors (Lipinski definition) is 3. The van der Waals surface area contributed by atoms with Gasteiger partial charge in [0.15, 0.2) is 0 Å². The van der Waals surface area contributed by atoms with E-state index in [1.165, 1.54) is 7.11 Å². The van der Waals surface area contributed by atoms with Crippen molar-refractivity contribution in [3.63, 3.8) is 0 Å². The molecule has 5 heteroatoms. The minimum atomic E-state index is -0.700. The van der Waals surface area contributed by atoms with E-state index in [0.717, 1.165) is 5.56 Å². The number of carbonyl (C=O) groups excluding carboxylic acids is 1. The van der Waals surface area contributed by atoms with E-state index in [1.807, 2.05) is 6.07 Å². The molecule has 0 fully saturated rings. The molecule has 0 amide bonds. The normalized spacial score (nSPS) is 12.0. The van der Waals surface area contributed by atoms with Gasteiger partial charge >= 0.3 is 5.97 Å². The van der Waals surface area contributed by atoms with Crippen molar-refractivity contribution >= 4 is 29.2 Å². The van der Waals surface area contributed by atoms with Gasteiger partial charge in [-0.3, -0.25) is 4.79 Å². The van der Waals surface area contributed by atoms with E-state index < -0.39 is 11.3 Å². The third-order valence-electron chi connectivity index (χ3n) is 2.09. The van der Waals surface area contributed by atoms with Crippen LogP contribution in [0, 0.1) is 0 Å². The fraction of sp³-hybridized carbons (Fsp3) is 0.364. The first kappa shape index (κ1) is 13.1. The second-order valence-electron chi connectivity index (χ2n) is 3.16. The summed E-state index contributed by atoms with van der Waals surface area (Å²) in [5.74, 6) is 0.142. The summed E-state index contributed by atoms with van der Waals surface area (Å²) in [6.45, 7) is 0. The van der Waals surface area contributed by atoms with Crippen LogP contribution in [0.5, 0.6) is 5.75 Å². The molecule has 16 heavy (non-hydrogen) atoms. The maximum absolute atomic E-state index is 11.1. The molecule has 0 spiro atoms. The van der Waals surface area contributed by atoms with Gasteiger partial charge in [-0.05, 0) is 24.1 Å². The number of hydrogen-bond donors (Lipinski definition) is 0. The molecule has 3 nitrogen and oxygen atoms in total. The Labute approximate surface area is 104 Å². The van der Waals surface area contributed by atoms with Crippen molar-refractivity contribution in [3.05, 3.63) is 28.8 Å². The van der Waals surface area contributed by atoms with Gasteiger partial charge in [-0.1, -0.05) is 17.7 Å². The van der Waals surface area contributed by atoms with Crippen molar-refractivity contribution in [3.8, 4) is 5.75 Å². The third kappa shape index (κ3) is 3.29. The fourth-order valence-corrected chi connectivity index (χ4v) is 1.80. The maximum Gasteiger partial charge on any atom is 0.324 e. The summed E-state index contributed by atoms with van der Waals surface area (Å²) in [5, 5.41) is -0.205. The molecule has 1 atom stereocenters. The zero-order valence-electron chi connectivity index (χ0n) is 9.00. The molecule has 1 aromatic carbocycles. The number of methoxy groups -OCH3 is 2. The van der Waals surface area contributed by atoms with Crippen LogP contribution in [-0.4, -0.2) is 25.6 Å². The number of benzene rings is 1. The molecule has 0 aliphatic carbocycles. The van der Waals surface area contributed by atoms with Crippen LogP contribution in [0.25, 0.3) is 0 Å². The number of alkyl halides is 1. The summed E-state index contributed by atoms with van der Waals surface area (Å²) in [7, 11) is 2.85. The molecule has 0 N–H and O–H groups in total. The lowest BCUT2D eigenvalue weighted by molar-refractivity contribution is -0.140. The standard InChI is InChI=1S/C11H12Cl2O3/c1-15-10-4-3-7(5-8(10)12)6-9(13)11(14)16-2/h3-5,9H,6H2,1-2H3. The molecule has 1 unspecified atom stereocenters. The molecule has 0 saturated carbocycles. The molecule has 88 valence electrons. The molecule has 0 aliphatic rings. The van der Waals surface area contributed by atoms with Crippen LogP contribution in [0.2, 0.25) is 5.02 Å². The molecule has 0 radical (unpaired) electrons. The van der Waals surface area contributed by atoms with Gasteiger partial charge in [0.05, 0.1) is 19.2 Å². The summed E-state index contributed by atoms with van der Waals surface area (Å²) < 4.78 is 9.55. The fourth-order valence-electron chi connectivity index (χ4n) is 1.26. The molecule has 0 aliphatic heterocycles. The molecule has 0 bridgehead atoms. The molecule has 0 aromatic heterocycles. The quantitative estimate of drug-likeness (QED) is 0.618. The van der Waals surface area contributed by atoms with E-state index in [0.29, 0.717) is 17.2 Å². The monoisotopic (exact) mass is 262 g/mol. The highest BCUT2D eigenvalue weighted by molar-refractivity contribution is 6.32. The van der Waals surface area contributed by atoms with Crippen molar-refractivity contribution in [2.24, 2.45) is 0 Å². The second kappa shape index (κ2) is 5.97.